The van der Waals surface area contributed by atoms with E-state index in [2.05, 4.69) is 26.0 Å². The van der Waals surface area contributed by atoms with E-state index in [0.29, 0.717) is 0 Å². The Morgan fingerprint density at radius 3 is 2.50 bits per heavy atom. The lowest BCUT2D eigenvalue weighted by atomic mass is 10.0. The third kappa shape index (κ3) is 2.48. The summed E-state index contributed by atoms with van der Waals surface area (Å²) in [5.41, 5.74) is 9.49. The summed E-state index contributed by atoms with van der Waals surface area (Å²) in [4.78, 5) is 0. The average molecular weight is 193 g/mol. The van der Waals surface area contributed by atoms with Crippen molar-refractivity contribution in [1.82, 2.24) is 0 Å². The van der Waals surface area contributed by atoms with Gasteiger partial charge < -0.3 is 10.5 Å². The van der Waals surface area contributed by atoms with E-state index in [4.69, 9.17) is 10.5 Å². The molecule has 1 atom stereocenters. The molecule has 0 spiro atoms. The maximum absolute atomic E-state index is 5.76. The Balaban J connectivity index is 3.03. The van der Waals surface area contributed by atoms with E-state index in [0.717, 1.165) is 12.2 Å². The SMILES string of the molecule is COc1cc(CC(C)N)cc(C)c1C. The van der Waals surface area contributed by atoms with Crippen LogP contribution in [0.2, 0.25) is 0 Å². The molecule has 2 heteroatoms. The van der Waals surface area contributed by atoms with Gasteiger partial charge in [0.15, 0.2) is 0 Å². The van der Waals surface area contributed by atoms with Crippen molar-refractivity contribution < 1.29 is 4.74 Å². The zero-order chi connectivity index (χ0) is 10.7. The predicted octanol–water partition coefficient (Wildman–Crippen LogP) is 2.20. The summed E-state index contributed by atoms with van der Waals surface area (Å²) in [5.74, 6) is 0.959. The van der Waals surface area contributed by atoms with Gasteiger partial charge in [-0.05, 0) is 49.9 Å². The lowest BCUT2D eigenvalue weighted by Gasteiger charge is -2.12. The molecule has 2 nitrogen and oxygen atoms in total. The summed E-state index contributed by atoms with van der Waals surface area (Å²) in [5, 5.41) is 0. The van der Waals surface area contributed by atoms with E-state index < -0.39 is 0 Å². The Labute approximate surface area is 86.1 Å². The minimum Gasteiger partial charge on any atom is -0.496 e. The summed E-state index contributed by atoms with van der Waals surface area (Å²) in [6.07, 6.45) is 0.900. The first kappa shape index (κ1) is 11.1. The van der Waals surface area contributed by atoms with Crippen LogP contribution in [0.3, 0.4) is 0 Å². The number of aryl methyl sites for hydroxylation is 1. The van der Waals surface area contributed by atoms with Gasteiger partial charge in [-0.1, -0.05) is 6.07 Å². The molecule has 0 saturated heterocycles. The fraction of sp³-hybridized carbons (Fsp3) is 0.500. The van der Waals surface area contributed by atoms with Crippen LogP contribution >= 0.6 is 0 Å². The van der Waals surface area contributed by atoms with Crippen LogP contribution in [-0.2, 0) is 6.42 Å². The average Bonchev–Trinajstić information content (AvgIpc) is 2.10. The van der Waals surface area contributed by atoms with Crippen LogP contribution in [0.25, 0.3) is 0 Å². The van der Waals surface area contributed by atoms with Gasteiger partial charge in [-0.15, -0.1) is 0 Å². The van der Waals surface area contributed by atoms with Crippen LogP contribution in [0.5, 0.6) is 5.75 Å². The number of nitrogens with two attached hydrogens (primary N) is 1. The number of hydrogen-bond donors (Lipinski definition) is 1. The first-order valence-corrected chi connectivity index (χ1v) is 4.94. The van der Waals surface area contributed by atoms with Gasteiger partial charge in [-0.3, -0.25) is 0 Å². The highest BCUT2D eigenvalue weighted by Gasteiger charge is 2.05. The van der Waals surface area contributed by atoms with Crippen molar-refractivity contribution in [2.24, 2.45) is 5.73 Å². The molecule has 0 radical (unpaired) electrons. The van der Waals surface area contributed by atoms with Gasteiger partial charge in [0, 0.05) is 6.04 Å². The second kappa shape index (κ2) is 4.47. The van der Waals surface area contributed by atoms with Crippen LogP contribution in [0.1, 0.15) is 23.6 Å². The van der Waals surface area contributed by atoms with Crippen molar-refractivity contribution in [3.8, 4) is 5.75 Å². The molecule has 0 fully saturated rings. The highest BCUT2D eigenvalue weighted by atomic mass is 16.5. The van der Waals surface area contributed by atoms with Crippen molar-refractivity contribution in [2.45, 2.75) is 33.2 Å². The second-order valence-corrected chi connectivity index (χ2v) is 3.92. The minimum absolute atomic E-state index is 0.196. The fourth-order valence-electron chi connectivity index (χ4n) is 1.60. The topological polar surface area (TPSA) is 35.2 Å². The molecular formula is C12H19NO. The summed E-state index contributed by atoms with van der Waals surface area (Å²) in [6.45, 7) is 6.19. The molecule has 0 aliphatic rings. The molecule has 2 N–H and O–H groups in total. The first-order valence-electron chi connectivity index (χ1n) is 4.94. The molecule has 78 valence electrons. The number of ether oxygens (including phenoxy) is 1. The molecule has 0 heterocycles. The largest absolute Gasteiger partial charge is 0.496 e. The fourth-order valence-corrected chi connectivity index (χ4v) is 1.60. The van der Waals surface area contributed by atoms with E-state index in [9.17, 15) is 0 Å². The highest BCUT2D eigenvalue weighted by molar-refractivity contribution is 5.42. The molecule has 0 saturated carbocycles. The Kier molecular flexibility index (Phi) is 3.53. The zero-order valence-electron chi connectivity index (χ0n) is 9.42. The standard InChI is InChI=1S/C12H19NO/c1-8-5-11(6-9(2)13)7-12(14-4)10(8)3/h5,7,9H,6,13H2,1-4H3. The summed E-state index contributed by atoms with van der Waals surface area (Å²) in [6, 6.07) is 4.45. The maximum Gasteiger partial charge on any atom is 0.122 e. The van der Waals surface area contributed by atoms with Gasteiger partial charge >= 0.3 is 0 Å². The molecule has 1 aromatic rings. The molecule has 0 aromatic heterocycles. The van der Waals surface area contributed by atoms with Crippen molar-refractivity contribution >= 4 is 0 Å². The first-order chi connectivity index (χ1) is 6.54. The number of methoxy groups -OCH3 is 1. The van der Waals surface area contributed by atoms with Gasteiger partial charge in [0.05, 0.1) is 7.11 Å². The lowest BCUT2D eigenvalue weighted by molar-refractivity contribution is 0.410. The number of hydrogen-bond acceptors (Lipinski definition) is 2. The highest BCUT2D eigenvalue weighted by Crippen LogP contribution is 2.23. The quantitative estimate of drug-likeness (QED) is 0.798. The molecule has 14 heavy (non-hydrogen) atoms. The van der Waals surface area contributed by atoms with Crippen molar-refractivity contribution in [3.63, 3.8) is 0 Å². The Hall–Kier alpha value is -1.02. The summed E-state index contributed by atoms with van der Waals surface area (Å²) in [7, 11) is 1.71. The third-order valence-corrected chi connectivity index (χ3v) is 2.46. The Bertz CT molecular complexity index is 318. The summed E-state index contributed by atoms with van der Waals surface area (Å²) < 4.78 is 5.31. The molecule has 0 aliphatic carbocycles. The maximum atomic E-state index is 5.76. The Morgan fingerprint density at radius 1 is 1.36 bits per heavy atom. The second-order valence-electron chi connectivity index (χ2n) is 3.92. The smallest absolute Gasteiger partial charge is 0.122 e. The minimum atomic E-state index is 0.196. The van der Waals surface area contributed by atoms with Crippen molar-refractivity contribution in [3.05, 3.63) is 28.8 Å². The number of rotatable bonds is 3. The normalized spacial score (nSPS) is 12.6. The molecule has 0 amide bonds. The van der Waals surface area contributed by atoms with Crippen LogP contribution < -0.4 is 10.5 Å². The van der Waals surface area contributed by atoms with E-state index in [-0.39, 0.29) is 6.04 Å². The predicted molar refractivity (Wildman–Crippen MR) is 59.8 cm³/mol. The van der Waals surface area contributed by atoms with Gasteiger partial charge in [0.25, 0.3) is 0 Å². The Morgan fingerprint density at radius 2 is 2.00 bits per heavy atom. The third-order valence-electron chi connectivity index (χ3n) is 2.46. The molecular weight excluding hydrogens is 174 g/mol. The van der Waals surface area contributed by atoms with Gasteiger partial charge in [-0.2, -0.15) is 0 Å². The van der Waals surface area contributed by atoms with E-state index in [1.807, 2.05) is 6.92 Å². The van der Waals surface area contributed by atoms with Gasteiger partial charge in [0.1, 0.15) is 5.75 Å². The van der Waals surface area contributed by atoms with E-state index in [1.165, 1.54) is 16.7 Å². The zero-order valence-corrected chi connectivity index (χ0v) is 9.42. The summed E-state index contributed by atoms with van der Waals surface area (Å²) >= 11 is 0. The molecule has 1 rings (SSSR count). The molecule has 1 aromatic carbocycles. The monoisotopic (exact) mass is 193 g/mol. The lowest BCUT2D eigenvalue weighted by Crippen LogP contribution is -2.17. The van der Waals surface area contributed by atoms with Gasteiger partial charge in [0.2, 0.25) is 0 Å². The van der Waals surface area contributed by atoms with Gasteiger partial charge in [-0.25, -0.2) is 0 Å². The molecule has 0 bridgehead atoms. The number of benzene rings is 1. The van der Waals surface area contributed by atoms with E-state index in [1.54, 1.807) is 7.11 Å². The van der Waals surface area contributed by atoms with Crippen LogP contribution in [0, 0.1) is 13.8 Å². The van der Waals surface area contributed by atoms with Crippen molar-refractivity contribution in [2.75, 3.05) is 7.11 Å². The van der Waals surface area contributed by atoms with E-state index >= 15 is 0 Å². The molecule has 1 unspecified atom stereocenters. The van der Waals surface area contributed by atoms with Crippen LogP contribution in [0.4, 0.5) is 0 Å². The van der Waals surface area contributed by atoms with Crippen LogP contribution in [0.15, 0.2) is 12.1 Å². The molecule has 0 aliphatic heterocycles. The van der Waals surface area contributed by atoms with Crippen molar-refractivity contribution in [1.29, 1.82) is 0 Å². The van der Waals surface area contributed by atoms with Crippen LogP contribution in [-0.4, -0.2) is 13.2 Å².